The number of aromatic nitrogens is 5. The Morgan fingerprint density at radius 2 is 1.82 bits per heavy atom. The van der Waals surface area contributed by atoms with E-state index in [4.69, 9.17) is 14.7 Å². The first kappa shape index (κ1) is 25.6. The average molecular weight is 539 g/mol. The van der Waals surface area contributed by atoms with E-state index in [0.29, 0.717) is 24.5 Å². The van der Waals surface area contributed by atoms with Crippen molar-refractivity contribution in [3.05, 3.63) is 29.5 Å². The van der Waals surface area contributed by atoms with Crippen LogP contribution in [0.2, 0.25) is 0 Å². The highest BCUT2D eigenvalue weighted by Crippen LogP contribution is 2.31. The first-order valence-corrected chi connectivity index (χ1v) is 14.8. The van der Waals surface area contributed by atoms with Crippen molar-refractivity contribution in [1.82, 2.24) is 33.9 Å². The minimum Gasteiger partial charge on any atom is -0.381 e. The fourth-order valence-corrected chi connectivity index (χ4v) is 7.00. The highest BCUT2D eigenvalue weighted by atomic mass is 32.1. The Bertz CT molecular complexity index is 1250. The molecule has 3 aliphatic rings. The molecule has 3 fully saturated rings. The number of nitrogens with zero attached hydrogens (tertiary/aromatic N) is 7. The molecule has 3 aromatic rings. The normalized spacial score (nSPS) is 23.7. The standard InChI is InChI=1S/C27H38N8O2S/c1-18-25-26(29-21-3-5-22(6-4-21)34-11-9-33(10-12-34)19(2)36)30-24(31-27(25)38-32-18)15-20-16-28-35(17-20)23-7-13-37-14-8-23/h16-17,21-23H,3-15H2,1-2H3,(H,29,30,31). The molecule has 5 heterocycles. The molecule has 38 heavy (non-hydrogen) atoms. The predicted molar refractivity (Wildman–Crippen MR) is 148 cm³/mol. The number of fused-ring (bicyclic) bond motifs is 1. The highest BCUT2D eigenvalue weighted by molar-refractivity contribution is 7.13. The minimum atomic E-state index is 0.194. The van der Waals surface area contributed by atoms with E-state index < -0.39 is 0 Å². The van der Waals surface area contributed by atoms with Crippen LogP contribution in [0.15, 0.2) is 12.4 Å². The molecule has 1 saturated carbocycles. The molecule has 3 aromatic heterocycles. The van der Waals surface area contributed by atoms with Gasteiger partial charge in [0.1, 0.15) is 16.5 Å². The summed E-state index contributed by atoms with van der Waals surface area (Å²) in [6.07, 6.45) is 11.3. The van der Waals surface area contributed by atoms with Gasteiger partial charge >= 0.3 is 0 Å². The molecule has 0 aromatic carbocycles. The number of hydrogen-bond acceptors (Lipinski definition) is 9. The van der Waals surface area contributed by atoms with Crippen LogP contribution in [0, 0.1) is 6.92 Å². The van der Waals surface area contributed by atoms with E-state index in [0.717, 1.165) is 98.2 Å². The summed E-state index contributed by atoms with van der Waals surface area (Å²) in [5.74, 6) is 1.93. The lowest BCUT2D eigenvalue weighted by Crippen LogP contribution is -2.52. The first-order valence-electron chi connectivity index (χ1n) is 14.0. The number of piperazine rings is 1. The summed E-state index contributed by atoms with van der Waals surface area (Å²) >= 11 is 1.45. The minimum absolute atomic E-state index is 0.194. The van der Waals surface area contributed by atoms with Gasteiger partial charge in [-0.15, -0.1) is 0 Å². The smallest absolute Gasteiger partial charge is 0.219 e. The summed E-state index contributed by atoms with van der Waals surface area (Å²) in [5.41, 5.74) is 2.12. The van der Waals surface area contributed by atoms with Crippen LogP contribution in [0.25, 0.3) is 10.2 Å². The second-order valence-electron chi connectivity index (χ2n) is 11.0. The molecule has 11 heteroatoms. The Balaban J connectivity index is 1.11. The summed E-state index contributed by atoms with van der Waals surface area (Å²) in [7, 11) is 0. The summed E-state index contributed by atoms with van der Waals surface area (Å²) in [4.78, 5) is 27.1. The number of amides is 1. The van der Waals surface area contributed by atoms with Gasteiger partial charge in [0, 0.05) is 71.0 Å². The Morgan fingerprint density at radius 1 is 1.05 bits per heavy atom. The topological polar surface area (TPSA) is 101 Å². The largest absolute Gasteiger partial charge is 0.381 e. The van der Waals surface area contributed by atoms with Crippen molar-refractivity contribution in [2.24, 2.45) is 0 Å². The summed E-state index contributed by atoms with van der Waals surface area (Å²) in [5, 5.41) is 9.48. The van der Waals surface area contributed by atoms with Crippen LogP contribution in [0.3, 0.4) is 0 Å². The van der Waals surface area contributed by atoms with Crippen molar-refractivity contribution >= 4 is 33.5 Å². The second-order valence-corrected chi connectivity index (χ2v) is 11.7. The Kier molecular flexibility index (Phi) is 7.58. The predicted octanol–water partition coefficient (Wildman–Crippen LogP) is 3.42. The van der Waals surface area contributed by atoms with Gasteiger partial charge in [-0.1, -0.05) is 0 Å². The van der Waals surface area contributed by atoms with Crippen LogP contribution in [0.4, 0.5) is 5.82 Å². The van der Waals surface area contributed by atoms with Crippen molar-refractivity contribution in [1.29, 1.82) is 0 Å². The second kappa shape index (κ2) is 11.2. The highest BCUT2D eigenvalue weighted by Gasteiger charge is 2.29. The maximum absolute atomic E-state index is 11.7. The number of aryl methyl sites for hydroxylation is 1. The summed E-state index contributed by atoms with van der Waals surface area (Å²) < 4.78 is 12.2. The van der Waals surface area contributed by atoms with Gasteiger partial charge < -0.3 is 15.0 Å². The van der Waals surface area contributed by atoms with Crippen LogP contribution < -0.4 is 5.32 Å². The van der Waals surface area contributed by atoms with Gasteiger partial charge in [0.05, 0.1) is 23.3 Å². The van der Waals surface area contributed by atoms with Crippen LogP contribution in [0.5, 0.6) is 0 Å². The zero-order valence-corrected chi connectivity index (χ0v) is 23.3. The summed E-state index contributed by atoms with van der Waals surface area (Å²) in [6.45, 7) is 9.01. The number of carbonyl (C=O) groups excluding carboxylic acids is 1. The van der Waals surface area contributed by atoms with Crippen LogP contribution >= 0.6 is 11.5 Å². The Labute approximate surface area is 227 Å². The van der Waals surface area contributed by atoms with E-state index in [1.165, 1.54) is 24.4 Å². The molecule has 0 bridgehead atoms. The average Bonchev–Trinajstić information content (AvgIpc) is 3.56. The first-order chi connectivity index (χ1) is 18.5. The molecule has 0 spiro atoms. The molecular formula is C27H38N8O2S. The molecular weight excluding hydrogens is 500 g/mol. The quantitative estimate of drug-likeness (QED) is 0.510. The zero-order chi connectivity index (χ0) is 26.1. The van der Waals surface area contributed by atoms with E-state index in [9.17, 15) is 4.79 Å². The number of rotatable bonds is 6. The van der Waals surface area contributed by atoms with E-state index >= 15 is 0 Å². The van der Waals surface area contributed by atoms with Gasteiger partial charge in [0.15, 0.2) is 0 Å². The molecule has 6 rings (SSSR count). The molecule has 0 atom stereocenters. The summed E-state index contributed by atoms with van der Waals surface area (Å²) in [6, 6.07) is 1.42. The Morgan fingerprint density at radius 3 is 2.55 bits per heavy atom. The molecule has 1 amide bonds. The van der Waals surface area contributed by atoms with E-state index in [1.807, 2.05) is 18.0 Å². The molecule has 204 valence electrons. The number of carbonyl (C=O) groups is 1. The molecule has 1 aliphatic carbocycles. The van der Waals surface area contributed by atoms with Gasteiger partial charge in [-0.05, 0) is 62.5 Å². The number of ether oxygens (including phenoxy) is 1. The van der Waals surface area contributed by atoms with Gasteiger partial charge in [-0.2, -0.15) is 9.47 Å². The maximum atomic E-state index is 11.7. The third-order valence-corrected chi connectivity index (χ3v) is 9.28. The van der Waals surface area contributed by atoms with Crippen molar-refractivity contribution in [2.45, 2.75) is 76.9 Å². The van der Waals surface area contributed by atoms with Crippen molar-refractivity contribution in [3.63, 3.8) is 0 Å². The molecule has 1 N–H and O–H groups in total. The Hall–Kier alpha value is -2.63. The molecule has 0 unspecified atom stereocenters. The van der Waals surface area contributed by atoms with E-state index in [2.05, 4.69) is 30.6 Å². The molecule has 2 aliphatic heterocycles. The number of hydrogen-bond donors (Lipinski definition) is 1. The lowest BCUT2D eigenvalue weighted by Gasteiger charge is -2.42. The lowest BCUT2D eigenvalue weighted by molar-refractivity contribution is -0.131. The van der Waals surface area contributed by atoms with Gasteiger partial charge in [0.2, 0.25) is 5.91 Å². The lowest BCUT2D eigenvalue weighted by atomic mass is 9.89. The molecule has 2 saturated heterocycles. The fourth-order valence-electron chi connectivity index (χ4n) is 6.20. The van der Waals surface area contributed by atoms with Crippen molar-refractivity contribution in [2.75, 3.05) is 44.7 Å². The van der Waals surface area contributed by atoms with Crippen LogP contribution in [-0.2, 0) is 16.0 Å². The zero-order valence-electron chi connectivity index (χ0n) is 22.4. The third-order valence-electron chi connectivity index (χ3n) is 8.45. The fraction of sp³-hybridized carbons (Fsp3) is 0.667. The SMILES string of the molecule is CC(=O)N1CCN(C2CCC(Nc3nc(Cc4cnn(C5CCOCC5)c4)nc4snc(C)c34)CC2)CC1. The van der Waals surface area contributed by atoms with E-state index in [1.54, 1.807) is 6.92 Å². The molecule has 10 nitrogen and oxygen atoms in total. The number of anilines is 1. The van der Waals surface area contributed by atoms with Crippen LogP contribution in [-0.4, -0.2) is 91.3 Å². The van der Waals surface area contributed by atoms with E-state index in [-0.39, 0.29) is 5.91 Å². The molecule has 0 radical (unpaired) electrons. The number of nitrogens with one attached hydrogen (secondary N) is 1. The van der Waals surface area contributed by atoms with Crippen molar-refractivity contribution < 1.29 is 9.53 Å². The van der Waals surface area contributed by atoms with Crippen molar-refractivity contribution in [3.8, 4) is 0 Å². The van der Waals surface area contributed by atoms with Crippen LogP contribution in [0.1, 0.15) is 68.6 Å². The maximum Gasteiger partial charge on any atom is 0.219 e. The van der Waals surface area contributed by atoms with Gasteiger partial charge in [-0.3, -0.25) is 14.4 Å². The monoisotopic (exact) mass is 538 g/mol. The van der Waals surface area contributed by atoms with Gasteiger partial charge in [-0.25, -0.2) is 9.97 Å². The van der Waals surface area contributed by atoms with Gasteiger partial charge in [0.25, 0.3) is 0 Å². The third kappa shape index (κ3) is 5.55.